The molecule has 172 valence electrons. The summed E-state index contributed by atoms with van der Waals surface area (Å²) in [4.78, 5) is 39.7. The van der Waals surface area contributed by atoms with Gasteiger partial charge in [0, 0.05) is 38.8 Å². The van der Waals surface area contributed by atoms with E-state index in [1.807, 2.05) is 19.1 Å². The number of rotatable bonds is 5. The third kappa shape index (κ3) is 3.86. The summed E-state index contributed by atoms with van der Waals surface area (Å²) in [5, 5.41) is 2.47. The van der Waals surface area contributed by atoms with E-state index in [0.717, 1.165) is 42.5 Å². The number of nitrogens with zero attached hydrogens (tertiary/aromatic N) is 4. The molecular formula is C24H27FN6O2. The molecule has 3 aromatic rings. The average Bonchev–Trinajstić information content (AvgIpc) is 2.79. The summed E-state index contributed by atoms with van der Waals surface area (Å²) in [5.41, 5.74) is 3.62. The van der Waals surface area contributed by atoms with Gasteiger partial charge < -0.3 is 15.2 Å². The molecule has 2 fully saturated rings. The van der Waals surface area contributed by atoms with Crippen molar-refractivity contribution in [2.24, 2.45) is 0 Å². The van der Waals surface area contributed by atoms with Gasteiger partial charge in [0.25, 0.3) is 11.5 Å². The Morgan fingerprint density at radius 3 is 2.70 bits per heavy atom. The predicted molar refractivity (Wildman–Crippen MR) is 124 cm³/mol. The van der Waals surface area contributed by atoms with E-state index in [1.54, 1.807) is 12.1 Å². The third-order valence-corrected chi connectivity index (χ3v) is 6.85. The van der Waals surface area contributed by atoms with Crippen molar-refractivity contribution in [3.8, 4) is 0 Å². The molecule has 1 aliphatic heterocycles. The minimum absolute atomic E-state index is 0.0810. The summed E-state index contributed by atoms with van der Waals surface area (Å²) in [7, 11) is 1.50. The van der Waals surface area contributed by atoms with Crippen molar-refractivity contribution in [3.05, 3.63) is 63.6 Å². The molecule has 2 atom stereocenters. The van der Waals surface area contributed by atoms with Crippen molar-refractivity contribution in [2.75, 3.05) is 25.0 Å². The minimum atomic E-state index is -0.604. The van der Waals surface area contributed by atoms with Gasteiger partial charge in [0.2, 0.25) is 5.95 Å². The number of amides is 1. The van der Waals surface area contributed by atoms with E-state index < -0.39 is 11.9 Å². The topological polar surface area (TPSA) is 94.2 Å². The molecular weight excluding hydrogens is 423 g/mol. The largest absolute Gasteiger partial charge is 0.362 e. The SMILES string of the molecule is CCc1nc2ccc(CN3CCN(c4ccc(C(=O)NC)nc4F)[C@H]4CC[C@H]43)cc2[nH]c1=O. The van der Waals surface area contributed by atoms with Gasteiger partial charge in [-0.3, -0.25) is 14.5 Å². The molecule has 0 spiro atoms. The highest BCUT2D eigenvalue weighted by atomic mass is 19.1. The van der Waals surface area contributed by atoms with Gasteiger partial charge in [0.15, 0.2) is 0 Å². The lowest BCUT2D eigenvalue weighted by Gasteiger charge is -2.54. The van der Waals surface area contributed by atoms with Crippen molar-refractivity contribution >= 4 is 22.6 Å². The maximum atomic E-state index is 14.8. The molecule has 2 aliphatic rings. The fraction of sp³-hybridized carbons (Fsp3) is 0.417. The van der Waals surface area contributed by atoms with E-state index in [2.05, 4.69) is 36.1 Å². The first-order chi connectivity index (χ1) is 16.0. The van der Waals surface area contributed by atoms with Gasteiger partial charge >= 0.3 is 0 Å². The van der Waals surface area contributed by atoms with Crippen LogP contribution in [0.4, 0.5) is 10.1 Å². The van der Waals surface area contributed by atoms with Crippen LogP contribution in [0.2, 0.25) is 0 Å². The highest BCUT2D eigenvalue weighted by molar-refractivity contribution is 5.92. The van der Waals surface area contributed by atoms with Crippen LogP contribution in [0, 0.1) is 5.95 Å². The summed E-state index contributed by atoms with van der Waals surface area (Å²) in [6, 6.07) is 9.81. The molecule has 1 saturated carbocycles. The number of carbonyl (C=O) groups is 1. The van der Waals surface area contributed by atoms with Crippen LogP contribution in [-0.2, 0) is 13.0 Å². The molecule has 0 radical (unpaired) electrons. The molecule has 33 heavy (non-hydrogen) atoms. The summed E-state index contributed by atoms with van der Waals surface area (Å²) >= 11 is 0. The van der Waals surface area contributed by atoms with Crippen LogP contribution < -0.4 is 15.8 Å². The van der Waals surface area contributed by atoms with E-state index in [-0.39, 0.29) is 17.3 Å². The Labute approximate surface area is 190 Å². The highest BCUT2D eigenvalue weighted by Crippen LogP contribution is 2.38. The van der Waals surface area contributed by atoms with Gasteiger partial charge in [-0.1, -0.05) is 13.0 Å². The Morgan fingerprint density at radius 2 is 2.00 bits per heavy atom. The van der Waals surface area contributed by atoms with Crippen molar-refractivity contribution in [1.29, 1.82) is 0 Å². The number of carbonyl (C=O) groups excluding carboxylic acids is 1. The molecule has 2 N–H and O–H groups in total. The molecule has 9 heteroatoms. The number of piperazine rings is 1. The molecule has 1 saturated heterocycles. The average molecular weight is 451 g/mol. The first kappa shape index (κ1) is 21.5. The second-order valence-electron chi connectivity index (χ2n) is 8.68. The molecule has 1 aromatic carbocycles. The van der Waals surface area contributed by atoms with Crippen molar-refractivity contribution in [2.45, 2.75) is 44.8 Å². The van der Waals surface area contributed by atoms with Crippen molar-refractivity contribution < 1.29 is 9.18 Å². The minimum Gasteiger partial charge on any atom is -0.362 e. The lowest BCUT2D eigenvalue weighted by molar-refractivity contribution is 0.0654. The number of aromatic amines is 1. The molecule has 5 rings (SSSR count). The normalized spacial score (nSPS) is 20.4. The standard InChI is InChI=1S/C24H27FN6O2/c1-3-15-24(33)29-18-12-14(4-5-16(18)27-15)13-30-10-11-31(20-9-8-19(20)30)21-7-6-17(23(32)26-2)28-22(21)25/h4-7,12,19-20H,3,8-11,13H2,1-2H3,(H,26,32)(H,29,33)/t19-,20+/m1/s1. The van der Waals surface area contributed by atoms with Crippen LogP contribution in [0.15, 0.2) is 35.1 Å². The maximum Gasteiger partial charge on any atom is 0.270 e. The molecule has 0 unspecified atom stereocenters. The van der Waals surface area contributed by atoms with Crippen LogP contribution in [0.5, 0.6) is 0 Å². The summed E-state index contributed by atoms with van der Waals surface area (Å²) < 4.78 is 14.8. The number of halogens is 1. The lowest BCUT2D eigenvalue weighted by atomic mass is 9.81. The second kappa shape index (κ2) is 8.55. The number of pyridine rings is 1. The van der Waals surface area contributed by atoms with E-state index in [1.165, 1.54) is 7.05 Å². The van der Waals surface area contributed by atoms with Crippen LogP contribution in [-0.4, -0.2) is 58.0 Å². The monoisotopic (exact) mass is 450 g/mol. The van der Waals surface area contributed by atoms with Gasteiger partial charge in [-0.25, -0.2) is 9.97 Å². The van der Waals surface area contributed by atoms with Gasteiger partial charge in [-0.05, 0) is 49.1 Å². The van der Waals surface area contributed by atoms with E-state index in [0.29, 0.717) is 30.4 Å². The zero-order valence-corrected chi connectivity index (χ0v) is 18.8. The molecule has 1 amide bonds. The number of nitrogens with one attached hydrogen (secondary N) is 2. The van der Waals surface area contributed by atoms with Crippen molar-refractivity contribution in [1.82, 2.24) is 25.2 Å². The number of H-pyrrole nitrogens is 1. The summed E-state index contributed by atoms with van der Waals surface area (Å²) in [6.07, 6.45) is 2.65. The van der Waals surface area contributed by atoms with E-state index >= 15 is 0 Å². The lowest BCUT2D eigenvalue weighted by Crippen LogP contribution is -2.64. The predicted octanol–water partition coefficient (Wildman–Crippen LogP) is 2.23. The molecule has 1 aliphatic carbocycles. The van der Waals surface area contributed by atoms with Gasteiger partial charge in [-0.15, -0.1) is 0 Å². The quantitative estimate of drug-likeness (QED) is 0.579. The number of aryl methyl sites for hydroxylation is 1. The van der Waals surface area contributed by atoms with E-state index in [4.69, 9.17) is 0 Å². The molecule has 0 bridgehead atoms. The fourth-order valence-electron chi connectivity index (χ4n) is 4.96. The smallest absolute Gasteiger partial charge is 0.270 e. The first-order valence-corrected chi connectivity index (χ1v) is 11.4. The Balaban J connectivity index is 1.33. The number of aromatic nitrogens is 3. The first-order valence-electron chi connectivity index (χ1n) is 11.4. The highest BCUT2D eigenvalue weighted by Gasteiger charge is 2.43. The van der Waals surface area contributed by atoms with Gasteiger partial charge in [0.05, 0.1) is 16.7 Å². The molecule has 8 nitrogen and oxygen atoms in total. The summed E-state index contributed by atoms with van der Waals surface area (Å²) in [5.74, 6) is -1.00. The van der Waals surface area contributed by atoms with Crippen LogP contribution in [0.25, 0.3) is 11.0 Å². The Morgan fingerprint density at radius 1 is 1.18 bits per heavy atom. The fourth-order valence-corrected chi connectivity index (χ4v) is 4.96. The van der Waals surface area contributed by atoms with Crippen molar-refractivity contribution in [3.63, 3.8) is 0 Å². The second-order valence-corrected chi connectivity index (χ2v) is 8.68. The molecule has 2 aromatic heterocycles. The zero-order chi connectivity index (χ0) is 23.1. The molecule has 3 heterocycles. The Bertz CT molecular complexity index is 1280. The van der Waals surface area contributed by atoms with Gasteiger partial charge in [0.1, 0.15) is 11.4 Å². The van der Waals surface area contributed by atoms with Gasteiger partial charge in [-0.2, -0.15) is 4.39 Å². The van der Waals surface area contributed by atoms with Crippen LogP contribution >= 0.6 is 0 Å². The summed E-state index contributed by atoms with van der Waals surface area (Å²) in [6.45, 7) is 4.16. The maximum absolute atomic E-state index is 14.8. The number of hydrogen-bond donors (Lipinski definition) is 2. The van der Waals surface area contributed by atoms with Crippen LogP contribution in [0.1, 0.15) is 41.5 Å². The number of fused-ring (bicyclic) bond motifs is 2. The number of benzene rings is 1. The Hall–Kier alpha value is -3.33. The Kier molecular flexibility index (Phi) is 5.57. The third-order valence-electron chi connectivity index (χ3n) is 6.85. The number of hydrogen-bond acceptors (Lipinski definition) is 6. The van der Waals surface area contributed by atoms with E-state index in [9.17, 15) is 14.0 Å². The van der Waals surface area contributed by atoms with Crippen LogP contribution in [0.3, 0.4) is 0 Å². The zero-order valence-electron chi connectivity index (χ0n) is 18.8. The number of anilines is 1.